The van der Waals surface area contributed by atoms with Crippen LogP contribution in [0.5, 0.6) is 0 Å². The van der Waals surface area contributed by atoms with Crippen LogP contribution in [0.3, 0.4) is 0 Å². The highest BCUT2D eigenvalue weighted by Crippen LogP contribution is 2.10. The predicted molar refractivity (Wildman–Crippen MR) is 70.2 cm³/mol. The molecule has 18 heavy (non-hydrogen) atoms. The number of benzene rings is 1. The molecule has 1 unspecified atom stereocenters. The van der Waals surface area contributed by atoms with E-state index in [4.69, 9.17) is 0 Å². The lowest BCUT2D eigenvalue weighted by Crippen LogP contribution is -2.46. The molecule has 1 aliphatic heterocycles. The van der Waals surface area contributed by atoms with E-state index in [1.165, 1.54) is 5.56 Å². The molecule has 0 bridgehead atoms. The number of nitrogens with one attached hydrogen (secondary N) is 1. The van der Waals surface area contributed by atoms with Gasteiger partial charge in [-0.2, -0.15) is 0 Å². The van der Waals surface area contributed by atoms with Gasteiger partial charge >= 0.3 is 6.03 Å². The number of urea groups is 1. The van der Waals surface area contributed by atoms with Gasteiger partial charge in [-0.3, -0.25) is 0 Å². The summed E-state index contributed by atoms with van der Waals surface area (Å²) in [5.41, 5.74) is 2.30. The van der Waals surface area contributed by atoms with Gasteiger partial charge in [-0.1, -0.05) is 29.8 Å². The van der Waals surface area contributed by atoms with Crippen LogP contribution >= 0.6 is 0 Å². The van der Waals surface area contributed by atoms with E-state index in [0.29, 0.717) is 13.1 Å². The van der Waals surface area contributed by atoms with Gasteiger partial charge in [0.1, 0.15) is 0 Å². The van der Waals surface area contributed by atoms with Crippen LogP contribution in [0.15, 0.2) is 24.3 Å². The lowest BCUT2D eigenvalue weighted by atomic mass is 10.1. The zero-order chi connectivity index (χ0) is 13.0. The maximum Gasteiger partial charge on any atom is 0.317 e. The summed E-state index contributed by atoms with van der Waals surface area (Å²) in [5, 5.41) is 12.4. The Morgan fingerprint density at radius 2 is 2.17 bits per heavy atom. The largest absolute Gasteiger partial charge is 0.391 e. The molecule has 1 saturated heterocycles. The molecule has 2 N–H and O–H groups in total. The number of amides is 2. The van der Waals surface area contributed by atoms with E-state index in [1.54, 1.807) is 4.90 Å². The Kier molecular flexibility index (Phi) is 4.20. The molecular formula is C14H20N2O2. The van der Waals surface area contributed by atoms with Crippen molar-refractivity contribution in [3.05, 3.63) is 35.4 Å². The third kappa shape index (κ3) is 3.47. The Balaban J connectivity index is 1.82. The third-order valence-electron chi connectivity index (χ3n) is 3.25. The molecule has 0 aliphatic carbocycles. The summed E-state index contributed by atoms with van der Waals surface area (Å²) in [4.78, 5) is 13.6. The molecule has 2 amide bonds. The van der Waals surface area contributed by atoms with Crippen molar-refractivity contribution in [1.29, 1.82) is 0 Å². The SMILES string of the molecule is Cc1ccc(CNC(=O)N2CCCC(O)C2)cc1. The standard InChI is InChI=1S/C14H20N2O2/c1-11-4-6-12(7-5-11)9-15-14(18)16-8-2-3-13(17)10-16/h4-7,13,17H,2-3,8-10H2,1H3,(H,15,18). The molecule has 1 aromatic rings. The van der Waals surface area contributed by atoms with E-state index in [2.05, 4.69) is 5.32 Å². The van der Waals surface area contributed by atoms with Gasteiger partial charge in [0, 0.05) is 19.6 Å². The fourth-order valence-electron chi connectivity index (χ4n) is 2.13. The van der Waals surface area contributed by atoms with Crippen molar-refractivity contribution < 1.29 is 9.90 Å². The fraction of sp³-hybridized carbons (Fsp3) is 0.500. The second-order valence-electron chi connectivity index (χ2n) is 4.89. The van der Waals surface area contributed by atoms with Crippen molar-refractivity contribution in [2.45, 2.75) is 32.4 Å². The molecule has 1 atom stereocenters. The van der Waals surface area contributed by atoms with Crippen molar-refractivity contribution in [3.63, 3.8) is 0 Å². The summed E-state index contributed by atoms with van der Waals surface area (Å²) in [7, 11) is 0. The Bertz CT molecular complexity index is 403. The summed E-state index contributed by atoms with van der Waals surface area (Å²) in [6.07, 6.45) is 1.30. The van der Waals surface area contributed by atoms with Crippen LogP contribution in [-0.4, -0.2) is 35.2 Å². The normalized spacial score (nSPS) is 19.7. The number of rotatable bonds is 2. The number of hydrogen-bond donors (Lipinski definition) is 2. The monoisotopic (exact) mass is 248 g/mol. The molecular weight excluding hydrogens is 228 g/mol. The number of carbonyl (C=O) groups excluding carboxylic acids is 1. The smallest absolute Gasteiger partial charge is 0.317 e. The number of carbonyl (C=O) groups is 1. The topological polar surface area (TPSA) is 52.6 Å². The molecule has 1 heterocycles. The summed E-state index contributed by atoms with van der Waals surface area (Å²) in [6.45, 7) is 3.75. The lowest BCUT2D eigenvalue weighted by molar-refractivity contribution is 0.0842. The Morgan fingerprint density at radius 1 is 1.44 bits per heavy atom. The number of piperidine rings is 1. The van der Waals surface area contributed by atoms with Gasteiger partial charge < -0.3 is 15.3 Å². The lowest BCUT2D eigenvalue weighted by Gasteiger charge is -2.30. The van der Waals surface area contributed by atoms with E-state index in [9.17, 15) is 9.90 Å². The maximum absolute atomic E-state index is 11.9. The third-order valence-corrected chi connectivity index (χ3v) is 3.25. The minimum absolute atomic E-state index is 0.0886. The first-order valence-electron chi connectivity index (χ1n) is 6.41. The average Bonchev–Trinajstić information content (AvgIpc) is 2.38. The van der Waals surface area contributed by atoms with Gasteiger partial charge in [-0.15, -0.1) is 0 Å². The first kappa shape index (κ1) is 12.9. The Labute approximate surface area is 108 Å². The average molecular weight is 248 g/mol. The predicted octanol–water partition coefficient (Wildman–Crippen LogP) is 1.66. The molecule has 98 valence electrons. The molecule has 2 rings (SSSR count). The van der Waals surface area contributed by atoms with Gasteiger partial charge in [0.2, 0.25) is 0 Å². The number of likely N-dealkylation sites (tertiary alicyclic amines) is 1. The number of hydrogen-bond acceptors (Lipinski definition) is 2. The molecule has 4 nitrogen and oxygen atoms in total. The zero-order valence-corrected chi connectivity index (χ0v) is 10.7. The van der Waals surface area contributed by atoms with Crippen LogP contribution < -0.4 is 5.32 Å². The highest BCUT2D eigenvalue weighted by Gasteiger charge is 2.21. The van der Waals surface area contributed by atoms with Crippen LogP contribution in [0.25, 0.3) is 0 Å². The minimum Gasteiger partial charge on any atom is -0.391 e. The van der Waals surface area contributed by atoms with Crippen LogP contribution in [0, 0.1) is 6.92 Å². The van der Waals surface area contributed by atoms with Crippen molar-refractivity contribution >= 4 is 6.03 Å². The molecule has 0 aromatic heterocycles. The number of aryl methyl sites for hydroxylation is 1. The summed E-state index contributed by atoms with van der Waals surface area (Å²) >= 11 is 0. The van der Waals surface area contributed by atoms with Crippen LogP contribution in [-0.2, 0) is 6.54 Å². The van der Waals surface area contributed by atoms with Gasteiger partial charge in [0.15, 0.2) is 0 Å². The minimum atomic E-state index is -0.371. The van der Waals surface area contributed by atoms with Crippen LogP contribution in [0.1, 0.15) is 24.0 Å². The summed E-state index contributed by atoms with van der Waals surface area (Å²) < 4.78 is 0. The Morgan fingerprint density at radius 3 is 2.83 bits per heavy atom. The second-order valence-corrected chi connectivity index (χ2v) is 4.89. The van der Waals surface area contributed by atoms with Crippen molar-refractivity contribution in [3.8, 4) is 0 Å². The number of aliphatic hydroxyl groups excluding tert-OH is 1. The number of β-amino-alcohol motifs (C(OH)–C–C–N with tert-alkyl or cyclic N) is 1. The zero-order valence-electron chi connectivity index (χ0n) is 10.7. The van der Waals surface area contributed by atoms with Crippen molar-refractivity contribution in [2.75, 3.05) is 13.1 Å². The number of nitrogens with zero attached hydrogens (tertiary/aromatic N) is 1. The molecule has 0 radical (unpaired) electrons. The molecule has 1 fully saturated rings. The quantitative estimate of drug-likeness (QED) is 0.836. The number of aliphatic hydroxyl groups is 1. The van der Waals surface area contributed by atoms with Crippen LogP contribution in [0.2, 0.25) is 0 Å². The molecule has 0 saturated carbocycles. The van der Waals surface area contributed by atoms with E-state index >= 15 is 0 Å². The van der Waals surface area contributed by atoms with E-state index in [-0.39, 0.29) is 12.1 Å². The van der Waals surface area contributed by atoms with Gasteiger partial charge in [-0.05, 0) is 25.3 Å². The van der Waals surface area contributed by atoms with Gasteiger partial charge in [0.05, 0.1) is 6.10 Å². The molecule has 1 aromatic carbocycles. The summed E-state index contributed by atoms with van der Waals surface area (Å²) in [6, 6.07) is 8.01. The van der Waals surface area contributed by atoms with E-state index < -0.39 is 0 Å². The van der Waals surface area contributed by atoms with E-state index in [0.717, 1.165) is 24.9 Å². The maximum atomic E-state index is 11.9. The van der Waals surface area contributed by atoms with Gasteiger partial charge in [0.25, 0.3) is 0 Å². The molecule has 0 spiro atoms. The fourth-order valence-corrected chi connectivity index (χ4v) is 2.13. The highest BCUT2D eigenvalue weighted by molar-refractivity contribution is 5.74. The van der Waals surface area contributed by atoms with E-state index in [1.807, 2.05) is 31.2 Å². The molecule has 1 aliphatic rings. The van der Waals surface area contributed by atoms with Crippen LogP contribution in [0.4, 0.5) is 4.79 Å². The van der Waals surface area contributed by atoms with Gasteiger partial charge in [-0.25, -0.2) is 4.79 Å². The first-order valence-corrected chi connectivity index (χ1v) is 6.41. The van der Waals surface area contributed by atoms with Crippen molar-refractivity contribution in [2.24, 2.45) is 0 Å². The highest BCUT2D eigenvalue weighted by atomic mass is 16.3. The molecule has 4 heteroatoms. The summed E-state index contributed by atoms with van der Waals surface area (Å²) in [5.74, 6) is 0. The Hall–Kier alpha value is -1.55. The second kappa shape index (κ2) is 5.87. The first-order chi connectivity index (χ1) is 8.65. The van der Waals surface area contributed by atoms with Crippen molar-refractivity contribution in [1.82, 2.24) is 10.2 Å².